The van der Waals surface area contributed by atoms with E-state index in [-0.39, 0.29) is 16.5 Å². The molecule has 0 saturated heterocycles. The van der Waals surface area contributed by atoms with E-state index in [1.54, 1.807) is 24.3 Å². The van der Waals surface area contributed by atoms with Gasteiger partial charge in [0.25, 0.3) is 10.9 Å². The Bertz CT molecular complexity index is 911. The first-order valence-electron chi connectivity index (χ1n) is 6.58. The van der Waals surface area contributed by atoms with E-state index >= 15 is 0 Å². The number of nitrogens with zero attached hydrogens (tertiary/aromatic N) is 3. The lowest BCUT2D eigenvalue weighted by molar-refractivity contribution is -0.384. The van der Waals surface area contributed by atoms with Crippen molar-refractivity contribution in [3.05, 3.63) is 63.2 Å². The van der Waals surface area contributed by atoms with Gasteiger partial charge in [-0.2, -0.15) is 0 Å². The van der Waals surface area contributed by atoms with Crippen LogP contribution in [0.1, 0.15) is 10.4 Å². The molecular weight excluding hydrogens is 354 g/mol. The lowest BCUT2D eigenvalue weighted by atomic mass is 10.2. The van der Waals surface area contributed by atoms with E-state index < -0.39 is 4.92 Å². The van der Waals surface area contributed by atoms with Gasteiger partial charge in [0.15, 0.2) is 6.29 Å². The van der Waals surface area contributed by atoms with E-state index in [0.717, 1.165) is 11.8 Å². The minimum atomic E-state index is -0.563. The molecule has 24 heavy (non-hydrogen) atoms. The van der Waals surface area contributed by atoms with Crippen LogP contribution >= 0.6 is 23.4 Å². The highest BCUT2D eigenvalue weighted by Crippen LogP contribution is 2.32. The first kappa shape index (κ1) is 16.2. The molecule has 0 fully saturated rings. The van der Waals surface area contributed by atoms with Crippen molar-refractivity contribution in [1.82, 2.24) is 10.2 Å². The Labute approximate surface area is 144 Å². The van der Waals surface area contributed by atoms with Crippen LogP contribution in [0.15, 0.2) is 57.0 Å². The van der Waals surface area contributed by atoms with Crippen LogP contribution < -0.4 is 0 Å². The number of rotatable bonds is 5. The van der Waals surface area contributed by atoms with Crippen molar-refractivity contribution in [3.8, 4) is 11.5 Å². The third-order valence-corrected chi connectivity index (χ3v) is 4.21. The van der Waals surface area contributed by atoms with Crippen molar-refractivity contribution in [3.63, 3.8) is 0 Å². The van der Waals surface area contributed by atoms with Crippen LogP contribution in [0.4, 0.5) is 5.69 Å². The van der Waals surface area contributed by atoms with Crippen molar-refractivity contribution in [1.29, 1.82) is 0 Å². The van der Waals surface area contributed by atoms with Crippen LogP contribution in [-0.4, -0.2) is 21.4 Å². The van der Waals surface area contributed by atoms with E-state index in [4.69, 9.17) is 16.0 Å². The maximum absolute atomic E-state index is 11.1. The largest absolute Gasteiger partial charge is 0.411 e. The van der Waals surface area contributed by atoms with Crippen molar-refractivity contribution < 1.29 is 14.1 Å². The zero-order valence-corrected chi connectivity index (χ0v) is 13.5. The highest BCUT2D eigenvalue weighted by atomic mass is 35.5. The molecule has 9 heteroatoms. The molecule has 0 spiro atoms. The Balaban J connectivity index is 1.86. The third-order valence-electron chi connectivity index (χ3n) is 3.03. The molecule has 0 aliphatic rings. The second-order valence-corrected chi connectivity index (χ2v) is 6.01. The fraction of sp³-hybridized carbons (Fsp3) is 0. The van der Waals surface area contributed by atoms with Crippen molar-refractivity contribution in [2.24, 2.45) is 0 Å². The number of hydrogen-bond donors (Lipinski definition) is 0. The van der Waals surface area contributed by atoms with E-state index in [1.807, 2.05) is 0 Å². The zero-order chi connectivity index (χ0) is 17.1. The molecule has 0 bridgehead atoms. The van der Waals surface area contributed by atoms with Gasteiger partial charge in [0, 0.05) is 33.2 Å². The summed E-state index contributed by atoms with van der Waals surface area (Å²) < 4.78 is 5.54. The Morgan fingerprint density at radius 3 is 2.58 bits per heavy atom. The fourth-order valence-electron chi connectivity index (χ4n) is 1.89. The summed E-state index contributed by atoms with van der Waals surface area (Å²) in [4.78, 5) is 21.8. The molecule has 1 heterocycles. The van der Waals surface area contributed by atoms with Crippen LogP contribution in [0.2, 0.25) is 5.02 Å². The van der Waals surface area contributed by atoms with Crippen LogP contribution in [0.25, 0.3) is 11.5 Å². The summed E-state index contributed by atoms with van der Waals surface area (Å²) in [5.41, 5.74) is 0.729. The molecule has 0 N–H and O–H groups in total. The van der Waals surface area contributed by atoms with Gasteiger partial charge < -0.3 is 4.42 Å². The van der Waals surface area contributed by atoms with Crippen LogP contribution in [0.5, 0.6) is 0 Å². The number of non-ortho nitro benzene ring substituents is 1. The number of carbonyl (C=O) groups excluding carboxylic acids is 1. The lowest BCUT2D eigenvalue weighted by Gasteiger charge is -2.00. The zero-order valence-electron chi connectivity index (χ0n) is 11.9. The van der Waals surface area contributed by atoms with Gasteiger partial charge in [0.05, 0.1) is 4.92 Å². The fourth-order valence-corrected chi connectivity index (χ4v) is 2.77. The molecule has 1 aromatic heterocycles. The minimum absolute atomic E-state index is 0.158. The van der Waals surface area contributed by atoms with E-state index in [1.165, 1.54) is 18.2 Å². The highest BCUT2D eigenvalue weighted by molar-refractivity contribution is 7.99. The molecule has 2 aromatic carbocycles. The molecule has 0 atom stereocenters. The Hall–Kier alpha value is -2.71. The van der Waals surface area contributed by atoms with Gasteiger partial charge >= 0.3 is 0 Å². The molecule has 0 amide bonds. The topological polar surface area (TPSA) is 99.1 Å². The standard InChI is InChI=1S/C15H8ClN3O4S/c16-11-3-1-9(2-4-11)14-17-18-15(23-14)24-13-6-5-12(19(21)22)7-10(13)8-20/h1-8H. The number of benzene rings is 2. The quantitative estimate of drug-likeness (QED) is 0.380. The van der Waals surface area contributed by atoms with Gasteiger partial charge in [0.2, 0.25) is 5.89 Å². The van der Waals surface area contributed by atoms with Crippen LogP contribution in [0, 0.1) is 10.1 Å². The average Bonchev–Trinajstić information content (AvgIpc) is 3.04. The number of nitro benzene ring substituents is 1. The number of hydrogen-bond acceptors (Lipinski definition) is 7. The number of carbonyl (C=O) groups is 1. The summed E-state index contributed by atoms with van der Waals surface area (Å²) in [5, 5.41) is 19.4. The van der Waals surface area contributed by atoms with Gasteiger partial charge in [-0.15, -0.1) is 10.2 Å². The maximum Gasteiger partial charge on any atom is 0.281 e. The summed E-state index contributed by atoms with van der Waals surface area (Å²) in [6.07, 6.45) is 0.547. The summed E-state index contributed by atoms with van der Waals surface area (Å²) in [6.45, 7) is 0. The predicted octanol–water partition coefficient (Wildman–Crippen LogP) is 4.26. The molecule has 0 saturated carbocycles. The SMILES string of the molecule is O=Cc1cc([N+](=O)[O-])ccc1Sc1nnc(-c2ccc(Cl)cc2)o1. The highest BCUT2D eigenvalue weighted by Gasteiger charge is 2.15. The normalized spacial score (nSPS) is 10.5. The smallest absolute Gasteiger partial charge is 0.281 e. The number of aldehydes is 1. The van der Waals surface area contributed by atoms with E-state index in [0.29, 0.717) is 27.7 Å². The monoisotopic (exact) mass is 361 g/mol. The van der Waals surface area contributed by atoms with Gasteiger partial charge in [-0.25, -0.2) is 0 Å². The van der Waals surface area contributed by atoms with Crippen molar-refractivity contribution in [2.75, 3.05) is 0 Å². The molecule has 3 aromatic rings. The average molecular weight is 362 g/mol. The lowest BCUT2D eigenvalue weighted by Crippen LogP contribution is -1.92. The van der Waals surface area contributed by atoms with Crippen molar-refractivity contribution in [2.45, 2.75) is 10.1 Å². The first-order chi connectivity index (χ1) is 11.6. The van der Waals surface area contributed by atoms with Crippen LogP contribution in [-0.2, 0) is 0 Å². The molecule has 3 rings (SSSR count). The van der Waals surface area contributed by atoms with Gasteiger partial charge in [-0.3, -0.25) is 14.9 Å². The predicted molar refractivity (Wildman–Crippen MR) is 87.4 cm³/mol. The molecule has 0 aliphatic heterocycles. The Morgan fingerprint density at radius 2 is 1.92 bits per heavy atom. The second-order valence-electron chi connectivity index (χ2n) is 4.58. The number of aromatic nitrogens is 2. The summed E-state index contributed by atoms with van der Waals surface area (Å²) in [5.74, 6) is 0.309. The molecule has 120 valence electrons. The maximum atomic E-state index is 11.1. The van der Waals surface area contributed by atoms with Crippen LogP contribution in [0.3, 0.4) is 0 Å². The van der Waals surface area contributed by atoms with E-state index in [2.05, 4.69) is 10.2 Å². The number of halogens is 1. The summed E-state index contributed by atoms with van der Waals surface area (Å²) in [6, 6.07) is 10.9. The minimum Gasteiger partial charge on any atom is -0.411 e. The number of nitro groups is 1. The first-order valence-corrected chi connectivity index (χ1v) is 7.77. The second kappa shape index (κ2) is 6.81. The summed E-state index contributed by atoms with van der Waals surface area (Å²) in [7, 11) is 0. The third kappa shape index (κ3) is 3.44. The molecule has 0 radical (unpaired) electrons. The molecule has 7 nitrogen and oxygen atoms in total. The molecular formula is C15H8ClN3O4S. The van der Waals surface area contributed by atoms with Gasteiger partial charge in [0.1, 0.15) is 0 Å². The molecule has 0 aliphatic carbocycles. The van der Waals surface area contributed by atoms with E-state index in [9.17, 15) is 14.9 Å². The van der Waals surface area contributed by atoms with Gasteiger partial charge in [-0.1, -0.05) is 11.6 Å². The molecule has 0 unspecified atom stereocenters. The Kier molecular flexibility index (Phi) is 4.59. The van der Waals surface area contributed by atoms with Gasteiger partial charge in [-0.05, 0) is 42.1 Å². The van der Waals surface area contributed by atoms with Crippen molar-refractivity contribution >= 4 is 35.3 Å². The summed E-state index contributed by atoms with van der Waals surface area (Å²) >= 11 is 6.89. The Morgan fingerprint density at radius 1 is 1.17 bits per heavy atom.